The molecule has 6 nitrogen and oxygen atoms in total. The number of amides is 1. The quantitative estimate of drug-likeness (QED) is 0.555. The standard InChI is InChI=1S/C20H21N3O3S/c1-23(13-16-9-6-10-17(11-16)25-2)19(24)14-27-20-22-21-18(26-20)12-15-7-4-3-5-8-15/h3-11H,12-14H2,1-2H3. The maximum absolute atomic E-state index is 12.4. The Kier molecular flexibility index (Phi) is 6.49. The molecule has 0 aliphatic rings. The predicted octanol–water partition coefficient (Wildman–Crippen LogP) is 3.42. The van der Waals surface area contributed by atoms with Crippen LogP contribution in [0.15, 0.2) is 64.2 Å². The van der Waals surface area contributed by atoms with E-state index in [-0.39, 0.29) is 11.7 Å². The van der Waals surface area contributed by atoms with E-state index in [1.165, 1.54) is 11.8 Å². The van der Waals surface area contributed by atoms with Gasteiger partial charge >= 0.3 is 0 Å². The van der Waals surface area contributed by atoms with Crippen LogP contribution in [0.1, 0.15) is 17.0 Å². The number of benzene rings is 2. The molecule has 0 N–H and O–H groups in total. The van der Waals surface area contributed by atoms with Crippen LogP contribution in [0.2, 0.25) is 0 Å². The maximum Gasteiger partial charge on any atom is 0.277 e. The Morgan fingerprint density at radius 2 is 1.89 bits per heavy atom. The molecular weight excluding hydrogens is 362 g/mol. The Morgan fingerprint density at radius 1 is 1.11 bits per heavy atom. The van der Waals surface area contributed by atoms with Gasteiger partial charge in [-0.15, -0.1) is 10.2 Å². The molecule has 0 unspecified atom stereocenters. The lowest BCUT2D eigenvalue weighted by molar-refractivity contribution is -0.127. The van der Waals surface area contributed by atoms with Crippen LogP contribution in [0.4, 0.5) is 0 Å². The van der Waals surface area contributed by atoms with Gasteiger partial charge in [0.2, 0.25) is 11.8 Å². The molecule has 0 bridgehead atoms. The summed E-state index contributed by atoms with van der Waals surface area (Å²) in [4.78, 5) is 14.0. The maximum atomic E-state index is 12.4. The molecule has 0 saturated carbocycles. The van der Waals surface area contributed by atoms with Gasteiger partial charge < -0.3 is 14.1 Å². The zero-order valence-electron chi connectivity index (χ0n) is 15.3. The Bertz CT molecular complexity index is 883. The number of rotatable bonds is 8. The largest absolute Gasteiger partial charge is 0.497 e. The average Bonchev–Trinajstić information content (AvgIpc) is 3.14. The first kappa shape index (κ1) is 19.0. The first-order valence-corrected chi connectivity index (χ1v) is 9.48. The Labute approximate surface area is 162 Å². The molecule has 0 aliphatic heterocycles. The first-order valence-electron chi connectivity index (χ1n) is 8.50. The summed E-state index contributed by atoms with van der Waals surface area (Å²) in [6, 6.07) is 17.6. The minimum atomic E-state index is -0.00868. The highest BCUT2D eigenvalue weighted by Gasteiger charge is 2.14. The lowest BCUT2D eigenvalue weighted by Crippen LogP contribution is -2.27. The average molecular weight is 383 g/mol. The van der Waals surface area contributed by atoms with Crippen LogP contribution in [0, 0.1) is 0 Å². The second-order valence-electron chi connectivity index (χ2n) is 6.01. The van der Waals surface area contributed by atoms with E-state index in [4.69, 9.17) is 9.15 Å². The van der Waals surface area contributed by atoms with E-state index >= 15 is 0 Å². The fourth-order valence-corrected chi connectivity index (χ4v) is 3.23. The molecule has 0 fully saturated rings. The third-order valence-corrected chi connectivity index (χ3v) is 4.75. The van der Waals surface area contributed by atoms with E-state index in [1.54, 1.807) is 19.1 Å². The summed E-state index contributed by atoms with van der Waals surface area (Å²) in [5, 5.41) is 8.46. The van der Waals surface area contributed by atoms with Gasteiger partial charge in [0.05, 0.1) is 19.3 Å². The fraction of sp³-hybridized carbons (Fsp3) is 0.250. The van der Waals surface area contributed by atoms with Crippen molar-refractivity contribution in [2.75, 3.05) is 19.9 Å². The minimum absolute atomic E-state index is 0.00868. The van der Waals surface area contributed by atoms with Gasteiger partial charge in [-0.2, -0.15) is 0 Å². The molecule has 1 aromatic heterocycles. The predicted molar refractivity (Wildman–Crippen MR) is 104 cm³/mol. The van der Waals surface area contributed by atoms with Crippen LogP contribution < -0.4 is 4.74 Å². The zero-order valence-corrected chi connectivity index (χ0v) is 16.1. The SMILES string of the molecule is COc1cccc(CN(C)C(=O)CSc2nnc(Cc3ccccc3)o2)c1. The monoisotopic (exact) mass is 383 g/mol. The van der Waals surface area contributed by atoms with Crippen LogP contribution in [0.5, 0.6) is 5.75 Å². The van der Waals surface area contributed by atoms with Crippen molar-refractivity contribution in [3.8, 4) is 5.75 Å². The van der Waals surface area contributed by atoms with E-state index in [0.717, 1.165) is 16.9 Å². The second-order valence-corrected chi connectivity index (χ2v) is 6.94. The van der Waals surface area contributed by atoms with Crippen molar-refractivity contribution < 1.29 is 13.9 Å². The third kappa shape index (κ3) is 5.59. The summed E-state index contributed by atoms with van der Waals surface area (Å²) in [6.45, 7) is 0.514. The van der Waals surface area contributed by atoms with Crippen molar-refractivity contribution in [2.45, 2.75) is 18.2 Å². The smallest absolute Gasteiger partial charge is 0.277 e. The van der Waals surface area contributed by atoms with Crippen molar-refractivity contribution >= 4 is 17.7 Å². The van der Waals surface area contributed by atoms with Crippen LogP contribution in [0.25, 0.3) is 0 Å². The van der Waals surface area contributed by atoms with Crippen molar-refractivity contribution in [1.29, 1.82) is 0 Å². The molecule has 27 heavy (non-hydrogen) atoms. The Morgan fingerprint density at radius 3 is 2.67 bits per heavy atom. The topological polar surface area (TPSA) is 68.5 Å². The molecule has 0 atom stereocenters. The molecule has 0 radical (unpaired) electrons. The minimum Gasteiger partial charge on any atom is -0.497 e. The van der Waals surface area contributed by atoms with Gasteiger partial charge in [0.15, 0.2) is 0 Å². The number of hydrogen-bond acceptors (Lipinski definition) is 6. The molecule has 1 amide bonds. The number of aromatic nitrogens is 2. The molecule has 0 saturated heterocycles. The van der Waals surface area contributed by atoms with Gasteiger partial charge in [-0.3, -0.25) is 4.79 Å². The van der Waals surface area contributed by atoms with Crippen LogP contribution in [-0.4, -0.2) is 40.9 Å². The summed E-state index contributed by atoms with van der Waals surface area (Å²) in [5.41, 5.74) is 2.12. The number of carbonyl (C=O) groups excluding carboxylic acids is 1. The normalized spacial score (nSPS) is 10.6. The van der Waals surface area contributed by atoms with Crippen molar-refractivity contribution in [2.24, 2.45) is 0 Å². The molecule has 0 aliphatic carbocycles. The van der Waals surface area contributed by atoms with E-state index in [9.17, 15) is 4.79 Å². The van der Waals surface area contributed by atoms with Gasteiger partial charge in [-0.05, 0) is 23.3 Å². The van der Waals surface area contributed by atoms with Crippen molar-refractivity contribution in [3.05, 3.63) is 71.6 Å². The Hall–Kier alpha value is -2.80. The summed E-state index contributed by atoms with van der Waals surface area (Å²) >= 11 is 1.25. The summed E-state index contributed by atoms with van der Waals surface area (Å²) in [5.74, 6) is 1.55. The van der Waals surface area contributed by atoms with Gasteiger partial charge in [0, 0.05) is 13.6 Å². The van der Waals surface area contributed by atoms with Crippen molar-refractivity contribution in [1.82, 2.24) is 15.1 Å². The summed E-state index contributed by atoms with van der Waals surface area (Å²) in [7, 11) is 3.40. The highest BCUT2D eigenvalue weighted by atomic mass is 32.2. The van der Waals surface area contributed by atoms with Crippen LogP contribution >= 0.6 is 11.8 Å². The van der Waals surface area contributed by atoms with E-state index in [2.05, 4.69) is 10.2 Å². The first-order chi connectivity index (χ1) is 13.1. The third-order valence-electron chi connectivity index (χ3n) is 3.95. The number of nitrogens with zero attached hydrogens (tertiary/aromatic N) is 3. The number of hydrogen-bond donors (Lipinski definition) is 0. The van der Waals surface area contributed by atoms with Crippen molar-refractivity contribution in [3.63, 3.8) is 0 Å². The fourth-order valence-electron chi connectivity index (χ4n) is 2.50. The molecular formula is C20H21N3O3S. The van der Waals surface area contributed by atoms with Gasteiger partial charge in [0.1, 0.15) is 5.75 Å². The van der Waals surface area contributed by atoms with Crippen LogP contribution in [-0.2, 0) is 17.8 Å². The second kappa shape index (κ2) is 9.23. The molecule has 7 heteroatoms. The molecule has 3 aromatic rings. The number of methoxy groups -OCH3 is 1. The lowest BCUT2D eigenvalue weighted by Gasteiger charge is -2.17. The molecule has 0 spiro atoms. The van der Waals surface area contributed by atoms with E-state index < -0.39 is 0 Å². The van der Waals surface area contributed by atoms with E-state index in [0.29, 0.717) is 24.1 Å². The Balaban J connectivity index is 1.49. The number of ether oxygens (including phenoxy) is 1. The molecule has 2 aromatic carbocycles. The van der Waals surface area contributed by atoms with Gasteiger partial charge in [-0.25, -0.2) is 0 Å². The molecule has 1 heterocycles. The van der Waals surface area contributed by atoms with E-state index in [1.807, 2.05) is 54.6 Å². The highest BCUT2D eigenvalue weighted by molar-refractivity contribution is 7.99. The lowest BCUT2D eigenvalue weighted by atomic mass is 10.2. The summed E-state index contributed by atoms with van der Waals surface area (Å²) < 4.78 is 10.8. The van der Waals surface area contributed by atoms with Gasteiger partial charge in [0.25, 0.3) is 5.22 Å². The zero-order chi connectivity index (χ0) is 19.1. The number of carbonyl (C=O) groups is 1. The number of thioether (sulfide) groups is 1. The summed E-state index contributed by atoms with van der Waals surface area (Å²) in [6.07, 6.45) is 0.581. The highest BCUT2D eigenvalue weighted by Crippen LogP contribution is 2.19. The molecule has 140 valence electrons. The van der Waals surface area contributed by atoms with Gasteiger partial charge in [-0.1, -0.05) is 54.2 Å². The van der Waals surface area contributed by atoms with Crippen LogP contribution in [0.3, 0.4) is 0 Å². The molecule has 3 rings (SSSR count).